The van der Waals surface area contributed by atoms with Gasteiger partial charge in [-0.25, -0.2) is 0 Å². The third-order valence-electron chi connectivity index (χ3n) is 2.86. The molecule has 0 bridgehead atoms. The highest BCUT2D eigenvalue weighted by atomic mass is 32.2. The van der Waals surface area contributed by atoms with Gasteiger partial charge in [-0.2, -0.15) is 24.9 Å². The van der Waals surface area contributed by atoms with Gasteiger partial charge in [-0.3, -0.25) is 0 Å². The Balaban J connectivity index is 2.42. The summed E-state index contributed by atoms with van der Waals surface area (Å²) in [5.74, 6) is 2.23. The largest absolute Gasteiger partial charge is 0.416 e. The summed E-state index contributed by atoms with van der Waals surface area (Å²) in [4.78, 5) is 0. The van der Waals surface area contributed by atoms with Gasteiger partial charge in [0, 0.05) is 6.04 Å². The van der Waals surface area contributed by atoms with E-state index in [2.05, 4.69) is 12.2 Å². The molecule has 1 aromatic rings. The first-order valence-electron chi connectivity index (χ1n) is 6.43. The number of benzene rings is 1. The lowest BCUT2D eigenvalue weighted by Crippen LogP contribution is -2.20. The second kappa shape index (κ2) is 7.80. The summed E-state index contributed by atoms with van der Waals surface area (Å²) in [5, 5.41) is 3.32. The van der Waals surface area contributed by atoms with Gasteiger partial charge in [0.1, 0.15) is 0 Å². The Morgan fingerprint density at radius 3 is 2.37 bits per heavy atom. The van der Waals surface area contributed by atoms with Crippen LogP contribution in [0.1, 0.15) is 37.4 Å². The van der Waals surface area contributed by atoms with Crippen molar-refractivity contribution >= 4 is 11.8 Å². The summed E-state index contributed by atoms with van der Waals surface area (Å²) < 4.78 is 37.3. The minimum Gasteiger partial charge on any atom is -0.310 e. The fraction of sp³-hybridized carbons (Fsp3) is 0.571. The van der Waals surface area contributed by atoms with Crippen LogP contribution in [0.25, 0.3) is 0 Å². The molecule has 1 nitrogen and oxygen atoms in total. The SMILES string of the molecule is CCSCCCNC(C)c1ccc(C(F)(F)F)cc1. The van der Waals surface area contributed by atoms with Crippen LogP contribution >= 0.6 is 11.8 Å². The Morgan fingerprint density at radius 1 is 1.21 bits per heavy atom. The van der Waals surface area contributed by atoms with E-state index >= 15 is 0 Å². The highest BCUT2D eigenvalue weighted by Crippen LogP contribution is 2.29. The van der Waals surface area contributed by atoms with Gasteiger partial charge in [0.2, 0.25) is 0 Å². The lowest BCUT2D eigenvalue weighted by atomic mass is 10.1. The zero-order valence-electron chi connectivity index (χ0n) is 11.3. The van der Waals surface area contributed by atoms with E-state index in [-0.39, 0.29) is 6.04 Å². The van der Waals surface area contributed by atoms with Crippen molar-refractivity contribution < 1.29 is 13.2 Å². The molecule has 0 amide bonds. The molecule has 0 aromatic heterocycles. The normalized spacial score (nSPS) is 13.5. The third-order valence-corrected chi connectivity index (χ3v) is 3.84. The first kappa shape index (κ1) is 16.4. The van der Waals surface area contributed by atoms with Crippen molar-refractivity contribution in [3.05, 3.63) is 35.4 Å². The van der Waals surface area contributed by atoms with Crippen LogP contribution in [-0.2, 0) is 6.18 Å². The molecule has 0 saturated carbocycles. The molecule has 0 spiro atoms. The summed E-state index contributed by atoms with van der Waals surface area (Å²) in [6.45, 7) is 4.98. The molecule has 1 aromatic carbocycles. The van der Waals surface area contributed by atoms with Crippen molar-refractivity contribution in [1.29, 1.82) is 0 Å². The summed E-state index contributed by atoms with van der Waals surface area (Å²) in [6, 6.07) is 5.44. The summed E-state index contributed by atoms with van der Waals surface area (Å²) in [6.07, 6.45) is -3.18. The smallest absolute Gasteiger partial charge is 0.310 e. The molecular weight excluding hydrogens is 271 g/mol. The molecule has 1 atom stereocenters. The number of hydrogen-bond acceptors (Lipinski definition) is 2. The van der Waals surface area contributed by atoms with Crippen LogP contribution in [0.5, 0.6) is 0 Å². The molecule has 19 heavy (non-hydrogen) atoms. The zero-order chi connectivity index (χ0) is 14.3. The van der Waals surface area contributed by atoms with E-state index in [1.54, 1.807) is 12.1 Å². The van der Waals surface area contributed by atoms with Crippen molar-refractivity contribution in [2.45, 2.75) is 32.5 Å². The first-order chi connectivity index (χ1) is 8.95. The maximum atomic E-state index is 12.4. The Kier molecular flexibility index (Phi) is 6.72. The number of rotatable bonds is 7. The average molecular weight is 291 g/mol. The monoisotopic (exact) mass is 291 g/mol. The molecule has 0 heterocycles. The maximum absolute atomic E-state index is 12.4. The lowest BCUT2D eigenvalue weighted by molar-refractivity contribution is -0.137. The summed E-state index contributed by atoms with van der Waals surface area (Å²) in [7, 11) is 0. The molecule has 0 aliphatic carbocycles. The van der Waals surface area contributed by atoms with Crippen LogP contribution < -0.4 is 5.32 Å². The van der Waals surface area contributed by atoms with Gasteiger partial charge < -0.3 is 5.32 Å². The molecule has 0 fully saturated rings. The number of halogens is 3. The van der Waals surface area contributed by atoms with E-state index in [0.29, 0.717) is 0 Å². The zero-order valence-corrected chi connectivity index (χ0v) is 12.1. The van der Waals surface area contributed by atoms with Gasteiger partial charge in [0.15, 0.2) is 0 Å². The number of nitrogens with one attached hydrogen (secondary N) is 1. The highest BCUT2D eigenvalue weighted by molar-refractivity contribution is 7.99. The second-order valence-electron chi connectivity index (χ2n) is 4.35. The Morgan fingerprint density at radius 2 is 1.84 bits per heavy atom. The van der Waals surface area contributed by atoms with E-state index in [1.165, 1.54) is 0 Å². The fourth-order valence-electron chi connectivity index (χ4n) is 1.72. The van der Waals surface area contributed by atoms with E-state index < -0.39 is 11.7 Å². The molecule has 1 N–H and O–H groups in total. The van der Waals surface area contributed by atoms with Crippen molar-refractivity contribution in [2.24, 2.45) is 0 Å². The van der Waals surface area contributed by atoms with Gasteiger partial charge in [-0.05, 0) is 49.1 Å². The Bertz CT molecular complexity index is 362. The van der Waals surface area contributed by atoms with Gasteiger partial charge in [0.05, 0.1) is 5.56 Å². The second-order valence-corrected chi connectivity index (χ2v) is 5.74. The molecule has 1 unspecified atom stereocenters. The van der Waals surface area contributed by atoms with Crippen LogP contribution in [0, 0.1) is 0 Å². The average Bonchev–Trinajstić information content (AvgIpc) is 2.37. The molecule has 1 rings (SSSR count). The molecule has 0 radical (unpaired) electrons. The molecule has 0 aliphatic rings. The molecule has 5 heteroatoms. The molecule has 0 aliphatic heterocycles. The van der Waals surface area contributed by atoms with E-state index in [1.807, 2.05) is 18.7 Å². The minimum atomic E-state index is -4.26. The first-order valence-corrected chi connectivity index (χ1v) is 7.59. The molecule has 0 saturated heterocycles. The standard InChI is InChI=1S/C14H20F3NS/c1-3-19-10-4-9-18-11(2)12-5-7-13(8-6-12)14(15,16)17/h5-8,11,18H,3-4,9-10H2,1-2H3. The predicted octanol–water partition coefficient (Wildman–Crippen LogP) is 4.50. The van der Waals surface area contributed by atoms with E-state index in [9.17, 15) is 13.2 Å². The lowest BCUT2D eigenvalue weighted by Gasteiger charge is -2.15. The van der Waals surface area contributed by atoms with Crippen LogP contribution in [0.4, 0.5) is 13.2 Å². The molecular formula is C14H20F3NS. The van der Waals surface area contributed by atoms with Crippen molar-refractivity contribution in [3.63, 3.8) is 0 Å². The number of thioether (sulfide) groups is 1. The summed E-state index contributed by atoms with van der Waals surface area (Å²) >= 11 is 1.90. The van der Waals surface area contributed by atoms with Gasteiger partial charge in [0.25, 0.3) is 0 Å². The minimum absolute atomic E-state index is 0.0777. The Labute approximate surface area is 117 Å². The fourth-order valence-corrected chi connectivity index (χ4v) is 2.35. The molecule has 108 valence electrons. The van der Waals surface area contributed by atoms with Crippen molar-refractivity contribution in [3.8, 4) is 0 Å². The maximum Gasteiger partial charge on any atom is 0.416 e. The number of alkyl halides is 3. The highest BCUT2D eigenvalue weighted by Gasteiger charge is 2.30. The van der Waals surface area contributed by atoms with E-state index in [0.717, 1.165) is 42.2 Å². The summed E-state index contributed by atoms with van der Waals surface area (Å²) in [5.41, 5.74) is 0.291. The predicted molar refractivity (Wildman–Crippen MR) is 75.5 cm³/mol. The van der Waals surface area contributed by atoms with Crippen LogP contribution in [0.15, 0.2) is 24.3 Å². The third kappa shape index (κ3) is 5.87. The van der Waals surface area contributed by atoms with Crippen molar-refractivity contribution in [1.82, 2.24) is 5.32 Å². The van der Waals surface area contributed by atoms with Gasteiger partial charge >= 0.3 is 6.18 Å². The van der Waals surface area contributed by atoms with Crippen molar-refractivity contribution in [2.75, 3.05) is 18.1 Å². The number of hydrogen-bond donors (Lipinski definition) is 1. The van der Waals surface area contributed by atoms with Crippen LogP contribution in [-0.4, -0.2) is 18.1 Å². The van der Waals surface area contributed by atoms with E-state index in [4.69, 9.17) is 0 Å². The Hall–Kier alpha value is -0.680. The quantitative estimate of drug-likeness (QED) is 0.742. The van der Waals surface area contributed by atoms with Gasteiger partial charge in [-0.15, -0.1) is 0 Å². The topological polar surface area (TPSA) is 12.0 Å². The van der Waals surface area contributed by atoms with Crippen LogP contribution in [0.2, 0.25) is 0 Å². The van der Waals surface area contributed by atoms with Crippen LogP contribution in [0.3, 0.4) is 0 Å². The van der Waals surface area contributed by atoms with Gasteiger partial charge in [-0.1, -0.05) is 19.1 Å².